The topological polar surface area (TPSA) is 79.5 Å². The third-order valence-corrected chi connectivity index (χ3v) is 2.72. The standard InChI is InChI=1S/C15H23N3O3.ClH/c1-3-16-12(2)9-17-14(19)10-18-15(20)11-21-13-7-5-4-6-8-13;/h4-8,12,16H,3,9-11H2,1-2H3,(H,17,19)(H,18,20);1H/t12-;/m1./s1. The zero-order valence-corrected chi connectivity index (χ0v) is 13.7. The summed E-state index contributed by atoms with van der Waals surface area (Å²) < 4.78 is 5.28. The van der Waals surface area contributed by atoms with Crippen molar-refractivity contribution in [2.75, 3.05) is 26.2 Å². The second-order valence-corrected chi connectivity index (χ2v) is 4.64. The SMILES string of the molecule is CCN[C@H](C)CNC(=O)CNC(=O)COc1ccccc1.Cl. The predicted octanol–water partition coefficient (Wildman–Crippen LogP) is 0.718. The third-order valence-electron chi connectivity index (χ3n) is 2.72. The molecule has 0 bridgehead atoms. The summed E-state index contributed by atoms with van der Waals surface area (Å²) in [6, 6.07) is 9.25. The number of carbonyl (C=O) groups excluding carboxylic acids is 2. The van der Waals surface area contributed by atoms with Gasteiger partial charge in [-0.2, -0.15) is 0 Å². The number of ether oxygens (including phenoxy) is 1. The minimum absolute atomic E-state index is 0. The number of hydrogen-bond acceptors (Lipinski definition) is 4. The molecule has 0 aliphatic heterocycles. The highest BCUT2D eigenvalue weighted by Crippen LogP contribution is 2.07. The van der Waals surface area contributed by atoms with Gasteiger partial charge >= 0.3 is 0 Å². The summed E-state index contributed by atoms with van der Waals surface area (Å²) >= 11 is 0. The molecule has 3 N–H and O–H groups in total. The van der Waals surface area contributed by atoms with Crippen molar-refractivity contribution < 1.29 is 14.3 Å². The number of halogens is 1. The van der Waals surface area contributed by atoms with E-state index in [2.05, 4.69) is 16.0 Å². The molecule has 0 saturated heterocycles. The summed E-state index contributed by atoms with van der Waals surface area (Å²) in [7, 11) is 0. The van der Waals surface area contributed by atoms with E-state index < -0.39 is 0 Å². The first-order valence-corrected chi connectivity index (χ1v) is 7.06. The Bertz CT molecular complexity index is 443. The van der Waals surface area contributed by atoms with Gasteiger partial charge in [-0.25, -0.2) is 0 Å². The lowest BCUT2D eigenvalue weighted by atomic mass is 10.3. The number of nitrogens with one attached hydrogen (secondary N) is 3. The molecular formula is C15H24ClN3O3. The van der Waals surface area contributed by atoms with Gasteiger partial charge in [0.05, 0.1) is 6.54 Å². The molecule has 22 heavy (non-hydrogen) atoms. The molecule has 0 aliphatic rings. The minimum atomic E-state index is -0.325. The predicted molar refractivity (Wildman–Crippen MR) is 88.3 cm³/mol. The van der Waals surface area contributed by atoms with Crippen molar-refractivity contribution in [1.29, 1.82) is 0 Å². The summed E-state index contributed by atoms with van der Waals surface area (Å²) in [5.74, 6) is 0.0816. The lowest BCUT2D eigenvalue weighted by Gasteiger charge is -2.13. The molecule has 0 radical (unpaired) electrons. The second-order valence-electron chi connectivity index (χ2n) is 4.64. The molecule has 0 aliphatic carbocycles. The highest BCUT2D eigenvalue weighted by molar-refractivity contribution is 5.85. The number of carbonyl (C=O) groups is 2. The second kappa shape index (κ2) is 11.8. The molecule has 1 atom stereocenters. The highest BCUT2D eigenvalue weighted by Gasteiger charge is 2.07. The maximum Gasteiger partial charge on any atom is 0.258 e. The molecule has 2 amide bonds. The summed E-state index contributed by atoms with van der Waals surface area (Å²) in [6.45, 7) is 5.22. The maximum atomic E-state index is 11.5. The van der Waals surface area contributed by atoms with Gasteiger partial charge in [0.1, 0.15) is 5.75 Å². The molecule has 7 heteroatoms. The largest absolute Gasteiger partial charge is 0.484 e. The van der Waals surface area contributed by atoms with Crippen molar-refractivity contribution in [2.45, 2.75) is 19.9 Å². The van der Waals surface area contributed by atoms with Gasteiger partial charge in [-0.15, -0.1) is 12.4 Å². The van der Waals surface area contributed by atoms with E-state index in [1.807, 2.05) is 32.0 Å². The van der Waals surface area contributed by atoms with E-state index in [1.54, 1.807) is 12.1 Å². The smallest absolute Gasteiger partial charge is 0.258 e. The van der Waals surface area contributed by atoms with E-state index in [1.165, 1.54) is 0 Å². The van der Waals surface area contributed by atoms with Gasteiger partial charge in [0.15, 0.2) is 6.61 Å². The van der Waals surface area contributed by atoms with Gasteiger partial charge in [0.25, 0.3) is 5.91 Å². The Morgan fingerprint density at radius 1 is 1.14 bits per heavy atom. The third kappa shape index (κ3) is 9.20. The van der Waals surface area contributed by atoms with Crippen LogP contribution in [0.5, 0.6) is 5.75 Å². The van der Waals surface area contributed by atoms with E-state index in [-0.39, 0.29) is 43.4 Å². The summed E-state index contributed by atoms with van der Waals surface area (Å²) in [4.78, 5) is 23.1. The van der Waals surface area contributed by atoms with Crippen molar-refractivity contribution in [3.05, 3.63) is 30.3 Å². The van der Waals surface area contributed by atoms with E-state index in [0.717, 1.165) is 6.54 Å². The van der Waals surface area contributed by atoms with Gasteiger partial charge in [-0.05, 0) is 25.6 Å². The first kappa shape index (κ1) is 20.2. The lowest BCUT2D eigenvalue weighted by Crippen LogP contribution is -2.43. The number of amides is 2. The fourth-order valence-electron chi connectivity index (χ4n) is 1.65. The molecule has 124 valence electrons. The van der Waals surface area contributed by atoms with Gasteiger partial charge < -0.3 is 20.7 Å². The van der Waals surface area contributed by atoms with Gasteiger partial charge in [-0.1, -0.05) is 25.1 Å². The van der Waals surface area contributed by atoms with Crippen molar-refractivity contribution in [3.63, 3.8) is 0 Å². The highest BCUT2D eigenvalue weighted by atomic mass is 35.5. The number of rotatable bonds is 9. The summed E-state index contributed by atoms with van der Waals surface area (Å²) in [5, 5.41) is 8.43. The number of para-hydroxylation sites is 1. The molecule has 6 nitrogen and oxygen atoms in total. The first-order chi connectivity index (χ1) is 10.1. The van der Waals surface area contributed by atoms with Crippen LogP contribution in [-0.2, 0) is 9.59 Å². The van der Waals surface area contributed by atoms with Crippen LogP contribution in [0.25, 0.3) is 0 Å². The summed E-state index contributed by atoms with van der Waals surface area (Å²) in [5.41, 5.74) is 0. The van der Waals surface area contributed by atoms with Gasteiger partial charge in [0.2, 0.25) is 5.91 Å². The van der Waals surface area contributed by atoms with Crippen molar-refractivity contribution in [1.82, 2.24) is 16.0 Å². The van der Waals surface area contributed by atoms with E-state index >= 15 is 0 Å². The average Bonchev–Trinajstić information content (AvgIpc) is 2.50. The molecule has 0 unspecified atom stereocenters. The zero-order chi connectivity index (χ0) is 15.5. The summed E-state index contributed by atoms with van der Waals surface area (Å²) in [6.07, 6.45) is 0. The zero-order valence-electron chi connectivity index (χ0n) is 12.9. The molecular weight excluding hydrogens is 306 g/mol. The Morgan fingerprint density at radius 2 is 1.82 bits per heavy atom. The van der Waals surface area contributed by atoms with Crippen LogP contribution in [0.4, 0.5) is 0 Å². The minimum Gasteiger partial charge on any atom is -0.484 e. The van der Waals surface area contributed by atoms with E-state index in [4.69, 9.17) is 4.74 Å². The quantitative estimate of drug-likeness (QED) is 0.623. The van der Waals surface area contributed by atoms with Crippen LogP contribution in [0, 0.1) is 0 Å². The van der Waals surface area contributed by atoms with Crippen LogP contribution in [0.3, 0.4) is 0 Å². The number of benzene rings is 1. The van der Waals surface area contributed by atoms with Crippen LogP contribution in [-0.4, -0.2) is 44.1 Å². The fraction of sp³-hybridized carbons (Fsp3) is 0.467. The van der Waals surface area contributed by atoms with Gasteiger partial charge in [0, 0.05) is 12.6 Å². The Labute approximate surface area is 137 Å². The van der Waals surface area contributed by atoms with Crippen LogP contribution in [0.2, 0.25) is 0 Å². The van der Waals surface area contributed by atoms with Crippen LogP contribution < -0.4 is 20.7 Å². The molecule has 0 fully saturated rings. The Kier molecular flexibility index (Phi) is 10.9. The van der Waals surface area contributed by atoms with Crippen molar-refractivity contribution >= 4 is 24.2 Å². The molecule has 0 heterocycles. The fourth-order valence-corrected chi connectivity index (χ4v) is 1.65. The monoisotopic (exact) mass is 329 g/mol. The van der Waals surface area contributed by atoms with Crippen LogP contribution in [0.1, 0.15) is 13.8 Å². The van der Waals surface area contributed by atoms with Crippen molar-refractivity contribution in [3.8, 4) is 5.75 Å². The molecule has 0 saturated carbocycles. The molecule has 1 aromatic carbocycles. The maximum absolute atomic E-state index is 11.5. The van der Waals surface area contributed by atoms with Crippen LogP contribution in [0.15, 0.2) is 30.3 Å². The lowest BCUT2D eigenvalue weighted by molar-refractivity contribution is -0.127. The molecule has 0 aromatic heterocycles. The number of likely N-dealkylation sites (N-methyl/N-ethyl adjacent to an activating group) is 1. The number of hydrogen-bond donors (Lipinski definition) is 3. The molecule has 1 aromatic rings. The average molecular weight is 330 g/mol. The van der Waals surface area contributed by atoms with Crippen molar-refractivity contribution in [2.24, 2.45) is 0 Å². The Hall–Kier alpha value is -1.79. The Balaban J connectivity index is 0.00000441. The van der Waals surface area contributed by atoms with Gasteiger partial charge in [-0.3, -0.25) is 9.59 Å². The Morgan fingerprint density at radius 3 is 2.45 bits per heavy atom. The first-order valence-electron chi connectivity index (χ1n) is 7.06. The van der Waals surface area contributed by atoms with Crippen LogP contribution >= 0.6 is 12.4 Å². The molecule has 1 rings (SSSR count). The van der Waals surface area contributed by atoms with E-state index in [0.29, 0.717) is 12.3 Å². The van der Waals surface area contributed by atoms with E-state index in [9.17, 15) is 9.59 Å². The molecule has 0 spiro atoms. The normalized spacial score (nSPS) is 11.0.